The molecule has 1 aromatic carbocycles. The highest BCUT2D eigenvalue weighted by Crippen LogP contribution is 2.20. The highest BCUT2D eigenvalue weighted by Gasteiger charge is 2.20. The third kappa shape index (κ3) is 3.82. The molecular weight excluding hydrogens is 304 g/mol. The van der Waals surface area contributed by atoms with Gasteiger partial charge in [0.25, 0.3) is 5.91 Å². The molecule has 3 rings (SSSR count). The van der Waals surface area contributed by atoms with E-state index in [9.17, 15) is 4.79 Å². The number of amides is 1. The van der Waals surface area contributed by atoms with Crippen LogP contribution in [0.15, 0.2) is 30.3 Å². The quantitative estimate of drug-likeness (QED) is 0.935. The number of benzene rings is 1. The number of rotatable bonds is 4. The van der Waals surface area contributed by atoms with E-state index in [1.165, 1.54) is 6.42 Å². The zero-order valence-electron chi connectivity index (χ0n) is 14.1. The first-order chi connectivity index (χ1) is 11.7. The molecule has 1 amide bonds. The number of nitrogens with zero attached hydrogens (tertiary/aromatic N) is 3. The standard InChI is InChI=1S/C18H22N4O2/c1-13-11-16(17(23)22-9-4-3-5-10-22)21-18(19-13)20-14-7-6-8-15(12-14)24-2/h6-8,11-12H,3-5,9-10H2,1-2H3,(H,19,20,21). The van der Waals surface area contributed by atoms with E-state index >= 15 is 0 Å². The van der Waals surface area contributed by atoms with Crippen LogP contribution in [0.3, 0.4) is 0 Å². The Hall–Kier alpha value is -2.63. The molecule has 0 bridgehead atoms. The SMILES string of the molecule is COc1cccc(Nc2nc(C)cc(C(=O)N3CCCCC3)n2)c1. The maximum absolute atomic E-state index is 12.6. The van der Waals surface area contributed by atoms with Crippen molar-refractivity contribution in [2.24, 2.45) is 0 Å². The largest absolute Gasteiger partial charge is 0.497 e. The zero-order chi connectivity index (χ0) is 16.9. The van der Waals surface area contributed by atoms with Crippen molar-refractivity contribution in [1.82, 2.24) is 14.9 Å². The van der Waals surface area contributed by atoms with Crippen LogP contribution in [0.25, 0.3) is 0 Å². The van der Waals surface area contributed by atoms with Gasteiger partial charge in [0.05, 0.1) is 7.11 Å². The fourth-order valence-corrected chi connectivity index (χ4v) is 2.82. The number of likely N-dealkylation sites (tertiary alicyclic amines) is 1. The van der Waals surface area contributed by atoms with Crippen molar-refractivity contribution in [3.05, 3.63) is 41.7 Å². The Kier molecular flexibility index (Phi) is 4.93. The van der Waals surface area contributed by atoms with Crippen LogP contribution in [0.1, 0.15) is 35.4 Å². The van der Waals surface area contributed by atoms with Crippen molar-refractivity contribution in [3.8, 4) is 5.75 Å². The number of aryl methyl sites for hydroxylation is 1. The molecule has 1 aliphatic heterocycles. The molecule has 0 radical (unpaired) electrons. The minimum Gasteiger partial charge on any atom is -0.497 e. The molecule has 0 saturated carbocycles. The summed E-state index contributed by atoms with van der Waals surface area (Å²) in [5, 5.41) is 3.14. The van der Waals surface area contributed by atoms with Crippen molar-refractivity contribution in [2.45, 2.75) is 26.2 Å². The van der Waals surface area contributed by atoms with E-state index in [1.54, 1.807) is 13.2 Å². The lowest BCUT2D eigenvalue weighted by Crippen LogP contribution is -2.36. The predicted octanol–water partition coefficient (Wildman–Crippen LogP) is 3.16. The molecule has 2 heterocycles. The highest BCUT2D eigenvalue weighted by atomic mass is 16.5. The van der Waals surface area contributed by atoms with Gasteiger partial charge in [-0.05, 0) is 44.4 Å². The fourth-order valence-electron chi connectivity index (χ4n) is 2.82. The van der Waals surface area contributed by atoms with Crippen LogP contribution in [0.5, 0.6) is 5.75 Å². The molecule has 1 aliphatic rings. The van der Waals surface area contributed by atoms with Gasteiger partial charge in [-0.1, -0.05) is 6.07 Å². The smallest absolute Gasteiger partial charge is 0.272 e. The second-order valence-electron chi connectivity index (χ2n) is 5.93. The summed E-state index contributed by atoms with van der Waals surface area (Å²) in [6.45, 7) is 3.48. The van der Waals surface area contributed by atoms with Gasteiger partial charge < -0.3 is 15.0 Å². The first-order valence-electron chi connectivity index (χ1n) is 8.22. The summed E-state index contributed by atoms with van der Waals surface area (Å²) >= 11 is 0. The second-order valence-corrected chi connectivity index (χ2v) is 5.93. The first-order valence-corrected chi connectivity index (χ1v) is 8.22. The average molecular weight is 326 g/mol. The first kappa shape index (κ1) is 16.2. The Morgan fingerprint density at radius 1 is 1.17 bits per heavy atom. The molecule has 1 aromatic heterocycles. The van der Waals surface area contributed by atoms with E-state index < -0.39 is 0 Å². The number of nitrogens with one attached hydrogen (secondary N) is 1. The summed E-state index contributed by atoms with van der Waals surface area (Å²) in [6.07, 6.45) is 3.31. The van der Waals surface area contributed by atoms with Gasteiger partial charge in [-0.25, -0.2) is 9.97 Å². The van der Waals surface area contributed by atoms with Gasteiger partial charge in [0.1, 0.15) is 11.4 Å². The summed E-state index contributed by atoms with van der Waals surface area (Å²) in [6, 6.07) is 9.26. The third-order valence-corrected chi connectivity index (χ3v) is 4.04. The summed E-state index contributed by atoms with van der Waals surface area (Å²) < 4.78 is 5.22. The number of aromatic nitrogens is 2. The van der Waals surface area contributed by atoms with Gasteiger partial charge in [-0.2, -0.15) is 0 Å². The molecule has 6 nitrogen and oxygen atoms in total. The van der Waals surface area contributed by atoms with Gasteiger partial charge in [0.2, 0.25) is 5.95 Å². The lowest BCUT2D eigenvalue weighted by atomic mass is 10.1. The molecule has 6 heteroatoms. The number of hydrogen-bond donors (Lipinski definition) is 1. The minimum atomic E-state index is -0.0195. The normalized spacial score (nSPS) is 14.3. The topological polar surface area (TPSA) is 67.3 Å². The Bertz CT molecular complexity index is 727. The summed E-state index contributed by atoms with van der Waals surface area (Å²) in [7, 11) is 1.62. The number of carbonyl (C=O) groups is 1. The average Bonchev–Trinajstić information content (AvgIpc) is 2.61. The van der Waals surface area contributed by atoms with E-state index in [4.69, 9.17) is 4.74 Å². The maximum Gasteiger partial charge on any atom is 0.272 e. The number of carbonyl (C=O) groups excluding carboxylic acids is 1. The summed E-state index contributed by atoms with van der Waals surface area (Å²) in [5.74, 6) is 1.15. The molecule has 0 unspecified atom stereocenters. The molecule has 0 spiro atoms. The van der Waals surface area contributed by atoms with Crippen LogP contribution >= 0.6 is 0 Å². The third-order valence-electron chi connectivity index (χ3n) is 4.04. The second kappa shape index (κ2) is 7.29. The summed E-state index contributed by atoms with van der Waals surface area (Å²) in [5.41, 5.74) is 2.02. The lowest BCUT2D eigenvalue weighted by molar-refractivity contribution is 0.0718. The van der Waals surface area contributed by atoms with E-state index in [0.29, 0.717) is 11.6 Å². The number of methoxy groups -OCH3 is 1. The lowest BCUT2D eigenvalue weighted by Gasteiger charge is -2.26. The Morgan fingerprint density at radius 2 is 1.96 bits per heavy atom. The maximum atomic E-state index is 12.6. The highest BCUT2D eigenvalue weighted by molar-refractivity contribution is 5.92. The number of anilines is 2. The summed E-state index contributed by atoms with van der Waals surface area (Å²) in [4.78, 5) is 23.3. The van der Waals surface area contributed by atoms with Crippen molar-refractivity contribution >= 4 is 17.5 Å². The van der Waals surface area contributed by atoms with E-state index in [0.717, 1.165) is 43.1 Å². The number of hydrogen-bond acceptors (Lipinski definition) is 5. The molecule has 126 valence electrons. The van der Waals surface area contributed by atoms with Crippen molar-refractivity contribution in [2.75, 3.05) is 25.5 Å². The Morgan fingerprint density at radius 3 is 2.71 bits per heavy atom. The monoisotopic (exact) mass is 326 g/mol. The van der Waals surface area contributed by atoms with Crippen molar-refractivity contribution < 1.29 is 9.53 Å². The van der Waals surface area contributed by atoms with Crippen LogP contribution in [-0.2, 0) is 0 Å². The molecule has 1 saturated heterocycles. The predicted molar refractivity (Wildman–Crippen MR) is 92.8 cm³/mol. The van der Waals surface area contributed by atoms with Crippen LogP contribution in [0.4, 0.5) is 11.6 Å². The molecule has 0 atom stereocenters. The fraction of sp³-hybridized carbons (Fsp3) is 0.389. The molecule has 2 aromatic rings. The van der Waals surface area contributed by atoms with Gasteiger partial charge >= 0.3 is 0 Å². The molecular formula is C18H22N4O2. The van der Waals surface area contributed by atoms with Crippen LogP contribution < -0.4 is 10.1 Å². The van der Waals surface area contributed by atoms with E-state index in [-0.39, 0.29) is 5.91 Å². The minimum absolute atomic E-state index is 0.0195. The Labute approximate surface area is 141 Å². The van der Waals surface area contributed by atoms with Gasteiger partial charge in [-0.15, -0.1) is 0 Å². The van der Waals surface area contributed by atoms with Crippen LogP contribution in [-0.4, -0.2) is 41.0 Å². The van der Waals surface area contributed by atoms with Gasteiger partial charge in [0.15, 0.2) is 0 Å². The van der Waals surface area contributed by atoms with Crippen molar-refractivity contribution in [3.63, 3.8) is 0 Å². The number of ether oxygens (including phenoxy) is 1. The van der Waals surface area contributed by atoms with E-state index in [2.05, 4.69) is 15.3 Å². The zero-order valence-corrected chi connectivity index (χ0v) is 14.1. The van der Waals surface area contributed by atoms with Gasteiger partial charge in [-0.3, -0.25) is 4.79 Å². The van der Waals surface area contributed by atoms with Crippen LogP contribution in [0, 0.1) is 6.92 Å². The molecule has 24 heavy (non-hydrogen) atoms. The number of piperidine rings is 1. The van der Waals surface area contributed by atoms with Crippen molar-refractivity contribution in [1.29, 1.82) is 0 Å². The molecule has 1 fully saturated rings. The van der Waals surface area contributed by atoms with Crippen LogP contribution in [0.2, 0.25) is 0 Å². The van der Waals surface area contributed by atoms with E-state index in [1.807, 2.05) is 36.1 Å². The molecule has 0 aliphatic carbocycles. The Balaban J connectivity index is 1.81. The van der Waals surface area contributed by atoms with Gasteiger partial charge in [0, 0.05) is 30.5 Å². The molecule has 1 N–H and O–H groups in total.